The first-order chi connectivity index (χ1) is 18.2. The van der Waals surface area contributed by atoms with Crippen LogP contribution in [0.3, 0.4) is 0 Å². The topological polar surface area (TPSA) is 84.1 Å². The van der Waals surface area contributed by atoms with Crippen LogP contribution >= 0.6 is 0 Å². The number of carbonyl (C=O) groups excluding carboxylic acids is 2. The molecule has 0 fully saturated rings. The molecular weight excluding hydrogens is 495 g/mol. The van der Waals surface area contributed by atoms with Crippen molar-refractivity contribution >= 4 is 22.6 Å². The molecule has 0 saturated heterocycles. The molecule has 0 aliphatic carbocycles. The van der Waals surface area contributed by atoms with Crippen molar-refractivity contribution in [3.63, 3.8) is 0 Å². The summed E-state index contributed by atoms with van der Waals surface area (Å²) in [4.78, 5) is 24.9. The number of carbonyl (C=O) groups is 2. The van der Waals surface area contributed by atoms with Crippen LogP contribution in [0, 0.1) is 11.3 Å². The molecule has 0 radical (unpaired) electrons. The van der Waals surface area contributed by atoms with E-state index >= 15 is 0 Å². The monoisotopic (exact) mass is 519 g/mol. The quantitative estimate of drug-likeness (QED) is 0.165. The molecule has 0 atom stereocenters. The van der Waals surface area contributed by atoms with Gasteiger partial charge in [0.2, 0.25) is 0 Å². The zero-order chi connectivity index (χ0) is 27.9. The number of nitrogens with one attached hydrogen (secondary N) is 1. The Morgan fingerprint density at radius 1 is 1.05 bits per heavy atom. The van der Waals surface area contributed by atoms with E-state index in [1.165, 1.54) is 6.08 Å². The Morgan fingerprint density at radius 2 is 1.71 bits per heavy atom. The molecule has 4 aromatic rings. The van der Waals surface area contributed by atoms with Crippen molar-refractivity contribution in [2.75, 3.05) is 6.54 Å². The highest BCUT2D eigenvalue weighted by Crippen LogP contribution is 2.35. The van der Waals surface area contributed by atoms with Gasteiger partial charge in [0, 0.05) is 23.8 Å². The Kier molecular flexibility index (Phi) is 8.71. The number of ether oxygens (including phenoxy) is 1. The van der Waals surface area contributed by atoms with Crippen LogP contribution in [0.5, 0.6) is 11.5 Å². The Hall–Kier alpha value is -4.84. The fourth-order valence-electron chi connectivity index (χ4n) is 3.68. The molecule has 0 unspecified atom stereocenters. The second-order valence-corrected chi connectivity index (χ2v) is 7.67. The van der Waals surface area contributed by atoms with Crippen molar-refractivity contribution in [3.8, 4) is 23.3 Å². The third-order valence-electron chi connectivity index (χ3n) is 5.34. The fourth-order valence-corrected chi connectivity index (χ4v) is 3.68. The summed E-state index contributed by atoms with van der Waals surface area (Å²) in [6, 6.07) is 18.3. The first kappa shape index (κ1) is 27.7. The number of hydrogen-bond donors (Lipinski definition) is 1. The van der Waals surface area contributed by atoms with Crippen LogP contribution in [0.15, 0.2) is 85.6 Å². The molecule has 0 bridgehead atoms. The van der Waals surface area contributed by atoms with Crippen molar-refractivity contribution < 1.29 is 27.5 Å². The van der Waals surface area contributed by atoms with Crippen LogP contribution in [-0.4, -0.2) is 22.8 Å². The minimum atomic E-state index is -4.64. The molecule has 9 heteroatoms. The number of hydrogen-bond acceptors (Lipinski definition) is 4. The van der Waals surface area contributed by atoms with Gasteiger partial charge < -0.3 is 14.6 Å². The lowest BCUT2D eigenvalue weighted by molar-refractivity contribution is -0.137. The molecular formula is C29H24F3N3O3. The van der Waals surface area contributed by atoms with Gasteiger partial charge in [-0.3, -0.25) is 9.59 Å². The van der Waals surface area contributed by atoms with Gasteiger partial charge >= 0.3 is 6.18 Å². The summed E-state index contributed by atoms with van der Waals surface area (Å²) in [7, 11) is 0. The van der Waals surface area contributed by atoms with Crippen LogP contribution in [0.4, 0.5) is 13.2 Å². The van der Waals surface area contributed by atoms with Crippen molar-refractivity contribution in [1.29, 1.82) is 5.26 Å². The third-order valence-corrected chi connectivity index (χ3v) is 5.34. The van der Waals surface area contributed by atoms with Gasteiger partial charge in [-0.15, -0.1) is 6.58 Å². The SMILES string of the molecule is C=CCNC(=O)C(=O)c1cn(-c2ccc(Oc3ccc(C(F)(F)F)c(C#N)c3)cc2)c2ccccc12.CC. The summed E-state index contributed by atoms with van der Waals surface area (Å²) in [5, 5.41) is 12.2. The highest BCUT2D eigenvalue weighted by molar-refractivity contribution is 6.45. The van der Waals surface area contributed by atoms with Gasteiger partial charge in [0.1, 0.15) is 11.5 Å². The van der Waals surface area contributed by atoms with E-state index < -0.39 is 29.0 Å². The molecule has 0 aliphatic heterocycles. The number of benzene rings is 3. The molecule has 0 saturated carbocycles. The van der Waals surface area contributed by atoms with Crippen molar-refractivity contribution in [1.82, 2.24) is 9.88 Å². The Labute approximate surface area is 217 Å². The molecule has 3 aromatic carbocycles. The van der Waals surface area contributed by atoms with E-state index in [9.17, 15) is 22.8 Å². The largest absolute Gasteiger partial charge is 0.457 e. The number of amides is 1. The molecule has 1 N–H and O–H groups in total. The van der Waals surface area contributed by atoms with Gasteiger partial charge in [0.15, 0.2) is 0 Å². The van der Waals surface area contributed by atoms with Gasteiger partial charge in [0.05, 0.1) is 28.3 Å². The first-order valence-corrected chi connectivity index (χ1v) is 11.7. The molecule has 1 amide bonds. The summed E-state index contributed by atoms with van der Waals surface area (Å²) in [5.74, 6) is -1.01. The minimum absolute atomic E-state index is 0.0807. The number of Topliss-reactive ketones (excluding diaryl/α,β-unsaturated/α-hetero) is 1. The van der Waals surface area contributed by atoms with E-state index in [0.29, 0.717) is 22.3 Å². The molecule has 6 nitrogen and oxygen atoms in total. The highest BCUT2D eigenvalue weighted by Gasteiger charge is 2.33. The smallest absolute Gasteiger partial charge is 0.417 e. The van der Waals surface area contributed by atoms with Gasteiger partial charge in [-0.05, 0) is 48.5 Å². The minimum Gasteiger partial charge on any atom is -0.457 e. The van der Waals surface area contributed by atoms with Crippen LogP contribution in [-0.2, 0) is 11.0 Å². The number of rotatable bonds is 7. The van der Waals surface area contributed by atoms with Crippen LogP contribution in [0.1, 0.15) is 35.3 Å². The second kappa shape index (κ2) is 11.9. The van der Waals surface area contributed by atoms with E-state index in [1.54, 1.807) is 59.3 Å². The van der Waals surface area contributed by atoms with E-state index in [2.05, 4.69) is 11.9 Å². The molecule has 1 heterocycles. The van der Waals surface area contributed by atoms with Crippen LogP contribution < -0.4 is 10.1 Å². The van der Waals surface area contributed by atoms with Gasteiger partial charge in [0.25, 0.3) is 11.7 Å². The standard InChI is InChI=1S/C27H18F3N3O3.C2H6/c1-2-13-32-26(35)25(34)22-16-33(24-6-4-3-5-21(22)24)18-7-9-19(10-8-18)36-20-11-12-23(27(28,29)30)17(14-20)15-31;1-2/h2-12,14,16H,1,13H2,(H,32,35);1-2H3. The lowest BCUT2D eigenvalue weighted by Gasteiger charge is -2.12. The zero-order valence-corrected chi connectivity index (χ0v) is 20.7. The Balaban J connectivity index is 0.00000195. The van der Waals surface area contributed by atoms with Crippen LogP contribution in [0.25, 0.3) is 16.6 Å². The maximum Gasteiger partial charge on any atom is 0.417 e. The van der Waals surface area contributed by atoms with Gasteiger partial charge in [-0.25, -0.2) is 0 Å². The predicted octanol–water partition coefficient (Wildman–Crippen LogP) is 6.82. The highest BCUT2D eigenvalue weighted by atomic mass is 19.4. The van der Waals surface area contributed by atoms with Crippen molar-refractivity contribution in [2.45, 2.75) is 20.0 Å². The summed E-state index contributed by atoms with van der Waals surface area (Å²) in [6.45, 7) is 7.68. The molecule has 1 aromatic heterocycles. The third kappa shape index (κ3) is 5.93. The summed E-state index contributed by atoms with van der Waals surface area (Å²) >= 11 is 0. The number of ketones is 1. The van der Waals surface area contributed by atoms with E-state index in [0.717, 1.165) is 18.2 Å². The number of nitrogens with zero attached hydrogens (tertiary/aromatic N) is 2. The number of nitriles is 1. The molecule has 38 heavy (non-hydrogen) atoms. The molecule has 0 spiro atoms. The first-order valence-electron chi connectivity index (χ1n) is 11.7. The predicted molar refractivity (Wildman–Crippen MR) is 138 cm³/mol. The zero-order valence-electron chi connectivity index (χ0n) is 20.7. The summed E-state index contributed by atoms with van der Waals surface area (Å²) < 4.78 is 46.4. The number of para-hydroxylation sites is 1. The molecule has 4 rings (SSSR count). The number of aromatic nitrogens is 1. The maximum absolute atomic E-state index is 13.0. The number of fused-ring (bicyclic) bond motifs is 1. The summed E-state index contributed by atoms with van der Waals surface area (Å²) in [6.07, 6.45) is -1.59. The van der Waals surface area contributed by atoms with Gasteiger partial charge in [-0.2, -0.15) is 18.4 Å². The fraction of sp³-hybridized carbons (Fsp3) is 0.138. The van der Waals surface area contributed by atoms with Crippen molar-refractivity contribution in [3.05, 3.63) is 102 Å². The normalized spacial score (nSPS) is 10.6. The van der Waals surface area contributed by atoms with Crippen molar-refractivity contribution in [2.24, 2.45) is 0 Å². The Morgan fingerprint density at radius 3 is 2.34 bits per heavy atom. The van der Waals surface area contributed by atoms with E-state index in [1.807, 2.05) is 19.9 Å². The average Bonchev–Trinajstić information content (AvgIpc) is 3.32. The Bertz CT molecular complexity index is 1510. The average molecular weight is 520 g/mol. The maximum atomic E-state index is 13.0. The van der Waals surface area contributed by atoms with Crippen LogP contribution in [0.2, 0.25) is 0 Å². The summed E-state index contributed by atoms with van der Waals surface area (Å²) in [5.41, 5.74) is 0.0309. The van der Waals surface area contributed by atoms with E-state index in [-0.39, 0.29) is 17.9 Å². The second-order valence-electron chi connectivity index (χ2n) is 7.67. The molecule has 0 aliphatic rings. The number of alkyl halides is 3. The van der Waals surface area contributed by atoms with E-state index in [4.69, 9.17) is 10.00 Å². The number of halogens is 3. The lowest BCUT2D eigenvalue weighted by atomic mass is 10.1. The van der Waals surface area contributed by atoms with Gasteiger partial charge in [-0.1, -0.05) is 38.1 Å². The molecule has 194 valence electrons. The lowest BCUT2D eigenvalue weighted by Crippen LogP contribution is -2.30.